The molecule has 0 aromatic rings. The minimum absolute atomic E-state index is 0.220. The van der Waals surface area contributed by atoms with Crippen molar-refractivity contribution in [2.75, 3.05) is 6.61 Å². The first-order valence-electron chi connectivity index (χ1n) is 12.0. The van der Waals surface area contributed by atoms with Gasteiger partial charge in [0, 0.05) is 24.0 Å². The van der Waals surface area contributed by atoms with Crippen LogP contribution in [0.15, 0.2) is 4.99 Å². The van der Waals surface area contributed by atoms with E-state index in [2.05, 4.69) is 27.7 Å². The van der Waals surface area contributed by atoms with E-state index in [1.54, 1.807) is 0 Å². The summed E-state index contributed by atoms with van der Waals surface area (Å²) in [6.07, 6.45) is 13.4. The molecule has 3 N–H and O–H groups in total. The average molecular weight is 406 g/mol. The monoisotopic (exact) mass is 405 g/mol. The molecule has 0 saturated heterocycles. The highest BCUT2D eigenvalue weighted by Gasteiger charge is 2.35. The van der Waals surface area contributed by atoms with Gasteiger partial charge in [-0.05, 0) is 73.6 Å². The van der Waals surface area contributed by atoms with Crippen molar-refractivity contribution in [2.24, 2.45) is 22.6 Å². The Bertz CT molecular complexity index is 559. The summed E-state index contributed by atoms with van der Waals surface area (Å²) in [6.45, 7) is 13.2. The second-order valence-corrected chi connectivity index (χ2v) is 11.2. The topological polar surface area (TPSA) is 71.5 Å². The molecule has 29 heavy (non-hydrogen) atoms. The van der Waals surface area contributed by atoms with E-state index in [9.17, 15) is 0 Å². The van der Waals surface area contributed by atoms with Gasteiger partial charge in [-0.25, -0.2) is 0 Å². The molecule has 0 unspecified atom stereocenters. The molecule has 0 radical (unpaired) electrons. The SMILES string of the molecule is CC(C)(CCOC(C)(C)C(C)(C)N)N=C(C(=N)C1CCCCC1)C1CCCCC1. The van der Waals surface area contributed by atoms with Crippen LogP contribution in [0.1, 0.15) is 112 Å². The Kier molecular flexibility index (Phi) is 8.50. The normalized spacial score (nSPS) is 21.4. The largest absolute Gasteiger partial charge is 0.374 e. The van der Waals surface area contributed by atoms with Gasteiger partial charge in [-0.1, -0.05) is 38.5 Å². The lowest BCUT2D eigenvalue weighted by Crippen LogP contribution is -2.54. The van der Waals surface area contributed by atoms with Crippen molar-refractivity contribution in [3.05, 3.63) is 0 Å². The molecular formula is C25H47N3O. The number of hydrogen-bond acceptors (Lipinski definition) is 4. The van der Waals surface area contributed by atoms with Crippen LogP contribution in [0.5, 0.6) is 0 Å². The van der Waals surface area contributed by atoms with Gasteiger partial charge < -0.3 is 15.9 Å². The minimum atomic E-state index is -0.392. The minimum Gasteiger partial charge on any atom is -0.374 e. The third-order valence-corrected chi connectivity index (χ3v) is 7.43. The zero-order chi connectivity index (χ0) is 21.7. The average Bonchev–Trinajstić information content (AvgIpc) is 2.66. The molecule has 0 aromatic heterocycles. The van der Waals surface area contributed by atoms with E-state index in [4.69, 9.17) is 20.9 Å². The summed E-state index contributed by atoms with van der Waals surface area (Å²) < 4.78 is 6.19. The molecule has 168 valence electrons. The van der Waals surface area contributed by atoms with Crippen LogP contribution >= 0.6 is 0 Å². The van der Waals surface area contributed by atoms with Crippen LogP contribution in [-0.4, -0.2) is 34.7 Å². The molecule has 4 nitrogen and oxygen atoms in total. The Morgan fingerprint density at radius 1 is 0.862 bits per heavy atom. The highest BCUT2D eigenvalue weighted by Crippen LogP contribution is 2.32. The van der Waals surface area contributed by atoms with Crippen molar-refractivity contribution in [1.29, 1.82) is 5.41 Å². The standard InChI is InChI=1S/C25H47N3O/c1-23(2,17-18-29-25(5,6)24(3,4)27)28-22(20-15-11-8-12-16-20)21(26)19-13-9-7-10-14-19/h19-20,26H,7-18,27H2,1-6H3. The van der Waals surface area contributed by atoms with Crippen molar-refractivity contribution in [3.63, 3.8) is 0 Å². The predicted octanol–water partition coefficient (Wildman–Crippen LogP) is 6.31. The maximum atomic E-state index is 9.04. The van der Waals surface area contributed by atoms with Crippen LogP contribution in [0.4, 0.5) is 0 Å². The first kappa shape index (κ1) is 24.5. The number of nitrogens with one attached hydrogen (secondary N) is 1. The third-order valence-electron chi connectivity index (χ3n) is 7.43. The summed E-state index contributed by atoms with van der Waals surface area (Å²) >= 11 is 0. The van der Waals surface area contributed by atoms with E-state index in [1.807, 2.05) is 13.8 Å². The molecule has 2 aliphatic carbocycles. The van der Waals surface area contributed by atoms with Crippen LogP contribution in [0.25, 0.3) is 0 Å². The molecule has 0 atom stereocenters. The summed E-state index contributed by atoms with van der Waals surface area (Å²) in [4.78, 5) is 5.27. The summed E-state index contributed by atoms with van der Waals surface area (Å²) in [5.74, 6) is 0.909. The number of hydrogen-bond donors (Lipinski definition) is 2. The Morgan fingerprint density at radius 3 is 1.83 bits per heavy atom. The number of nitrogens with two attached hydrogens (primary N) is 1. The van der Waals surface area contributed by atoms with Crippen LogP contribution in [0, 0.1) is 17.2 Å². The molecule has 2 saturated carbocycles. The van der Waals surface area contributed by atoms with E-state index in [0.717, 1.165) is 17.8 Å². The molecule has 0 bridgehead atoms. The van der Waals surface area contributed by atoms with Crippen LogP contribution in [0.2, 0.25) is 0 Å². The van der Waals surface area contributed by atoms with E-state index < -0.39 is 5.54 Å². The second kappa shape index (κ2) is 10.0. The summed E-state index contributed by atoms with van der Waals surface area (Å²) in [6, 6.07) is 0. The van der Waals surface area contributed by atoms with Crippen LogP contribution < -0.4 is 5.73 Å². The second-order valence-electron chi connectivity index (χ2n) is 11.2. The number of nitrogens with zero attached hydrogens (tertiary/aromatic N) is 1. The van der Waals surface area contributed by atoms with Crippen LogP contribution in [-0.2, 0) is 4.74 Å². The molecule has 4 heteroatoms. The van der Waals surface area contributed by atoms with E-state index in [-0.39, 0.29) is 11.1 Å². The molecule has 2 fully saturated rings. The molecule has 0 aliphatic heterocycles. The van der Waals surface area contributed by atoms with Crippen LogP contribution in [0.3, 0.4) is 0 Å². The predicted molar refractivity (Wildman–Crippen MR) is 125 cm³/mol. The first-order valence-corrected chi connectivity index (χ1v) is 12.0. The fourth-order valence-corrected chi connectivity index (χ4v) is 4.47. The van der Waals surface area contributed by atoms with Gasteiger partial charge in [-0.3, -0.25) is 4.99 Å². The quantitative estimate of drug-likeness (QED) is 0.441. The van der Waals surface area contributed by atoms with Gasteiger partial charge in [0.15, 0.2) is 0 Å². The summed E-state index contributed by atoms with van der Waals surface area (Å²) in [5, 5.41) is 9.04. The van der Waals surface area contributed by atoms with Crippen molar-refractivity contribution in [1.82, 2.24) is 0 Å². The van der Waals surface area contributed by atoms with Gasteiger partial charge in [0.1, 0.15) is 0 Å². The Balaban J connectivity index is 2.11. The molecule has 0 amide bonds. The zero-order valence-corrected chi connectivity index (χ0v) is 20.1. The van der Waals surface area contributed by atoms with Gasteiger partial charge in [-0.15, -0.1) is 0 Å². The summed E-state index contributed by atoms with van der Waals surface area (Å²) in [5.41, 5.74) is 7.27. The first-order chi connectivity index (χ1) is 13.4. The van der Waals surface area contributed by atoms with E-state index >= 15 is 0 Å². The molecular weight excluding hydrogens is 358 g/mol. The lowest BCUT2D eigenvalue weighted by atomic mass is 9.77. The highest BCUT2D eigenvalue weighted by atomic mass is 16.5. The third kappa shape index (κ3) is 7.17. The maximum absolute atomic E-state index is 9.04. The molecule has 0 heterocycles. The zero-order valence-electron chi connectivity index (χ0n) is 20.1. The van der Waals surface area contributed by atoms with Gasteiger partial charge in [0.25, 0.3) is 0 Å². The highest BCUT2D eigenvalue weighted by molar-refractivity contribution is 6.42. The van der Waals surface area contributed by atoms with Gasteiger partial charge >= 0.3 is 0 Å². The Labute approximate surface area is 180 Å². The number of ether oxygens (including phenoxy) is 1. The van der Waals surface area contributed by atoms with Crippen molar-refractivity contribution >= 4 is 11.4 Å². The molecule has 0 aromatic carbocycles. The van der Waals surface area contributed by atoms with E-state index in [1.165, 1.54) is 64.2 Å². The number of aliphatic imine (C=N–C) groups is 1. The fourth-order valence-electron chi connectivity index (χ4n) is 4.47. The van der Waals surface area contributed by atoms with Gasteiger partial charge in [0.2, 0.25) is 0 Å². The Morgan fingerprint density at radius 2 is 1.34 bits per heavy atom. The van der Waals surface area contributed by atoms with E-state index in [0.29, 0.717) is 18.4 Å². The lowest BCUT2D eigenvalue weighted by molar-refractivity contribution is -0.0661. The fraction of sp³-hybridized carbons (Fsp3) is 0.920. The molecule has 2 aliphatic rings. The maximum Gasteiger partial charge on any atom is 0.0799 e. The number of rotatable bonds is 9. The molecule has 2 rings (SSSR count). The summed E-state index contributed by atoms with van der Waals surface area (Å²) in [7, 11) is 0. The molecule has 0 spiro atoms. The van der Waals surface area contributed by atoms with Gasteiger partial charge in [-0.2, -0.15) is 0 Å². The van der Waals surface area contributed by atoms with Crippen molar-refractivity contribution < 1.29 is 4.74 Å². The van der Waals surface area contributed by atoms with Crippen molar-refractivity contribution in [2.45, 2.75) is 129 Å². The van der Waals surface area contributed by atoms with Crippen molar-refractivity contribution in [3.8, 4) is 0 Å². The Hall–Kier alpha value is -0.740. The van der Waals surface area contributed by atoms with Gasteiger partial charge in [0.05, 0.1) is 22.6 Å². The smallest absolute Gasteiger partial charge is 0.0799 e. The lowest BCUT2D eigenvalue weighted by Gasteiger charge is -2.39.